The van der Waals surface area contributed by atoms with Crippen molar-refractivity contribution < 1.29 is 4.74 Å². The second kappa shape index (κ2) is 9.77. The number of ether oxygens (including phenoxy) is 1. The highest BCUT2D eigenvalue weighted by Gasteiger charge is 2.50. The molecule has 4 aromatic rings. The van der Waals surface area contributed by atoms with E-state index in [1.807, 2.05) is 7.11 Å². The summed E-state index contributed by atoms with van der Waals surface area (Å²) in [7, 11) is 1.90. The van der Waals surface area contributed by atoms with Gasteiger partial charge in [0, 0.05) is 18.9 Å². The first-order valence-electron chi connectivity index (χ1n) is 12.0. The van der Waals surface area contributed by atoms with Crippen molar-refractivity contribution >= 4 is 0 Å². The van der Waals surface area contributed by atoms with E-state index in [-0.39, 0.29) is 17.9 Å². The Labute approximate surface area is 198 Å². The van der Waals surface area contributed by atoms with Crippen LogP contribution >= 0.6 is 0 Å². The second-order valence-electron chi connectivity index (χ2n) is 9.31. The maximum atomic E-state index is 6.48. The van der Waals surface area contributed by atoms with Crippen LogP contribution < -0.4 is 0 Å². The zero-order valence-corrected chi connectivity index (χ0v) is 19.4. The molecule has 1 heteroatoms. The fourth-order valence-corrected chi connectivity index (χ4v) is 6.32. The summed E-state index contributed by atoms with van der Waals surface area (Å²) in [6, 6.07) is 44.1. The van der Waals surface area contributed by atoms with Crippen molar-refractivity contribution in [2.75, 3.05) is 7.11 Å². The molecule has 0 saturated heterocycles. The molecule has 0 aromatic heterocycles. The molecule has 1 nitrogen and oxygen atoms in total. The molecule has 1 saturated carbocycles. The Balaban J connectivity index is 1.74. The summed E-state index contributed by atoms with van der Waals surface area (Å²) in [5.74, 6) is 1.65. The van der Waals surface area contributed by atoms with Crippen LogP contribution in [0.3, 0.4) is 0 Å². The summed E-state index contributed by atoms with van der Waals surface area (Å²) in [6.07, 6.45) is 0.0569. The minimum Gasteiger partial charge on any atom is -0.380 e. The Morgan fingerprint density at radius 1 is 0.424 bits per heavy atom. The van der Waals surface area contributed by atoms with E-state index in [2.05, 4.69) is 128 Å². The predicted molar refractivity (Wildman–Crippen MR) is 137 cm³/mol. The van der Waals surface area contributed by atoms with Crippen molar-refractivity contribution in [1.29, 1.82) is 0 Å². The maximum Gasteiger partial charge on any atom is 0.0720 e. The summed E-state index contributed by atoms with van der Waals surface area (Å²) >= 11 is 0. The summed E-state index contributed by atoms with van der Waals surface area (Å²) in [4.78, 5) is 0. The molecule has 4 aromatic carbocycles. The highest BCUT2D eigenvalue weighted by atomic mass is 16.5. The minimum atomic E-state index is 0.0569. The molecule has 0 N–H and O–H groups in total. The van der Waals surface area contributed by atoms with Crippen molar-refractivity contribution in [2.24, 2.45) is 5.92 Å². The normalized spacial score (nSPS) is 27.2. The van der Waals surface area contributed by atoms with Gasteiger partial charge in [0.15, 0.2) is 0 Å². The summed E-state index contributed by atoms with van der Waals surface area (Å²) in [5, 5.41) is 0. The Hall–Kier alpha value is -3.16. The zero-order valence-electron chi connectivity index (χ0n) is 19.4. The van der Waals surface area contributed by atoms with E-state index in [0.717, 1.165) is 0 Å². The number of rotatable bonds is 5. The first-order valence-corrected chi connectivity index (χ1v) is 12.0. The highest BCUT2D eigenvalue weighted by molar-refractivity contribution is 5.40. The van der Waals surface area contributed by atoms with Crippen molar-refractivity contribution in [3.8, 4) is 0 Å². The zero-order chi connectivity index (χ0) is 22.6. The number of hydrogen-bond donors (Lipinski definition) is 0. The van der Waals surface area contributed by atoms with Gasteiger partial charge in [0.2, 0.25) is 0 Å². The molecule has 4 unspecified atom stereocenters. The van der Waals surface area contributed by atoms with Gasteiger partial charge in [-0.3, -0.25) is 0 Å². The second-order valence-corrected chi connectivity index (χ2v) is 9.31. The SMILES string of the molecule is COC1C(c2ccccc2)C(c2ccccc2)C(C)C(c2ccccc2)C1c1ccccc1. The molecule has 0 aliphatic heterocycles. The van der Waals surface area contributed by atoms with Crippen molar-refractivity contribution in [1.82, 2.24) is 0 Å². The fourth-order valence-electron chi connectivity index (χ4n) is 6.32. The van der Waals surface area contributed by atoms with Crippen LogP contribution in [0.25, 0.3) is 0 Å². The highest BCUT2D eigenvalue weighted by Crippen LogP contribution is 2.59. The van der Waals surface area contributed by atoms with Gasteiger partial charge in [0.25, 0.3) is 0 Å². The quantitative estimate of drug-likeness (QED) is 0.313. The molecule has 4 atom stereocenters. The minimum absolute atomic E-state index is 0.0569. The lowest BCUT2D eigenvalue weighted by atomic mass is 9.55. The van der Waals surface area contributed by atoms with E-state index in [0.29, 0.717) is 17.8 Å². The van der Waals surface area contributed by atoms with Crippen molar-refractivity contribution in [3.05, 3.63) is 144 Å². The summed E-state index contributed by atoms with van der Waals surface area (Å²) in [6.45, 7) is 2.45. The van der Waals surface area contributed by atoms with E-state index < -0.39 is 0 Å². The van der Waals surface area contributed by atoms with Gasteiger partial charge in [-0.15, -0.1) is 0 Å². The van der Waals surface area contributed by atoms with E-state index >= 15 is 0 Å². The lowest BCUT2D eigenvalue weighted by Crippen LogP contribution is -2.45. The first-order chi connectivity index (χ1) is 16.3. The molecule has 0 amide bonds. The van der Waals surface area contributed by atoms with Crippen LogP contribution in [0.2, 0.25) is 0 Å². The topological polar surface area (TPSA) is 9.23 Å². The molecule has 0 heterocycles. The molecule has 0 bridgehead atoms. The molecule has 1 aliphatic carbocycles. The average Bonchev–Trinajstić information content (AvgIpc) is 2.90. The monoisotopic (exact) mass is 432 g/mol. The molecule has 5 rings (SSSR count). The van der Waals surface area contributed by atoms with Gasteiger partial charge in [-0.2, -0.15) is 0 Å². The van der Waals surface area contributed by atoms with Crippen LogP contribution in [0.15, 0.2) is 121 Å². The molecule has 166 valence electrons. The third-order valence-corrected chi connectivity index (χ3v) is 7.62. The van der Waals surface area contributed by atoms with Crippen LogP contribution in [0.4, 0.5) is 0 Å². The maximum absolute atomic E-state index is 6.48. The summed E-state index contributed by atoms with van der Waals surface area (Å²) in [5.41, 5.74) is 5.51. The smallest absolute Gasteiger partial charge is 0.0720 e. The largest absolute Gasteiger partial charge is 0.380 e. The van der Waals surface area contributed by atoms with E-state index in [9.17, 15) is 0 Å². The standard InChI is InChI=1S/C32H32O/c1-23-28(24-15-7-3-8-16-24)30(26-19-11-5-12-20-26)32(33-2)31(27-21-13-6-14-22-27)29(23)25-17-9-4-10-18-25/h3-23,28-32H,1-2H3. The van der Waals surface area contributed by atoms with Crippen molar-refractivity contribution in [2.45, 2.75) is 36.7 Å². The third kappa shape index (κ3) is 4.14. The van der Waals surface area contributed by atoms with Gasteiger partial charge >= 0.3 is 0 Å². The molecule has 33 heavy (non-hydrogen) atoms. The van der Waals surface area contributed by atoms with Crippen molar-refractivity contribution in [3.63, 3.8) is 0 Å². The third-order valence-electron chi connectivity index (χ3n) is 7.62. The lowest BCUT2D eigenvalue weighted by molar-refractivity contribution is -0.00132. The molecular weight excluding hydrogens is 400 g/mol. The van der Waals surface area contributed by atoms with Gasteiger partial charge in [0.05, 0.1) is 6.10 Å². The van der Waals surface area contributed by atoms with E-state index in [1.165, 1.54) is 22.3 Å². The predicted octanol–water partition coefficient (Wildman–Crippen LogP) is 7.79. The Kier molecular flexibility index (Phi) is 6.41. The fraction of sp³-hybridized carbons (Fsp3) is 0.250. The van der Waals surface area contributed by atoms with Crippen LogP contribution in [0, 0.1) is 5.92 Å². The van der Waals surface area contributed by atoms with Crippen LogP contribution in [-0.2, 0) is 4.74 Å². The van der Waals surface area contributed by atoms with Crippen LogP contribution in [0.1, 0.15) is 52.8 Å². The first kappa shape index (κ1) is 21.7. The molecule has 1 fully saturated rings. The Morgan fingerprint density at radius 3 is 0.970 bits per heavy atom. The van der Waals surface area contributed by atoms with Gasteiger partial charge in [-0.05, 0) is 40.0 Å². The van der Waals surface area contributed by atoms with Gasteiger partial charge < -0.3 is 4.74 Å². The van der Waals surface area contributed by atoms with Crippen LogP contribution in [-0.4, -0.2) is 13.2 Å². The van der Waals surface area contributed by atoms with E-state index in [1.54, 1.807) is 0 Å². The number of hydrogen-bond acceptors (Lipinski definition) is 1. The number of methoxy groups -OCH3 is 1. The molecule has 0 radical (unpaired) electrons. The Bertz CT molecular complexity index is 1030. The Morgan fingerprint density at radius 2 is 0.697 bits per heavy atom. The summed E-state index contributed by atoms with van der Waals surface area (Å²) < 4.78 is 6.48. The lowest BCUT2D eigenvalue weighted by Gasteiger charge is -2.51. The molecular formula is C32H32O. The van der Waals surface area contributed by atoms with Gasteiger partial charge in [-0.1, -0.05) is 128 Å². The van der Waals surface area contributed by atoms with E-state index in [4.69, 9.17) is 4.74 Å². The van der Waals surface area contributed by atoms with Crippen LogP contribution in [0.5, 0.6) is 0 Å². The van der Waals surface area contributed by atoms with Gasteiger partial charge in [0.1, 0.15) is 0 Å². The average molecular weight is 433 g/mol. The van der Waals surface area contributed by atoms with Gasteiger partial charge in [-0.25, -0.2) is 0 Å². The molecule has 1 aliphatic rings. The number of benzene rings is 4. The molecule has 0 spiro atoms.